The van der Waals surface area contributed by atoms with Crippen molar-refractivity contribution in [1.29, 1.82) is 0 Å². The van der Waals surface area contributed by atoms with E-state index in [-0.39, 0.29) is 0 Å². The minimum absolute atomic E-state index is 0.547. The maximum atomic E-state index is 4.24. The van der Waals surface area contributed by atoms with Crippen LogP contribution in [-0.4, -0.2) is 16.5 Å². The van der Waals surface area contributed by atoms with Gasteiger partial charge in [-0.1, -0.05) is 24.3 Å². The van der Waals surface area contributed by atoms with Gasteiger partial charge in [0.25, 0.3) is 0 Å². The maximum absolute atomic E-state index is 4.24. The van der Waals surface area contributed by atoms with Gasteiger partial charge in [0.05, 0.1) is 0 Å². The molecule has 0 amide bonds. The summed E-state index contributed by atoms with van der Waals surface area (Å²) in [4.78, 5) is 7.36. The molecule has 1 aliphatic rings. The van der Waals surface area contributed by atoms with Crippen molar-refractivity contribution >= 4 is 0 Å². The van der Waals surface area contributed by atoms with Gasteiger partial charge in [0.15, 0.2) is 0 Å². The Hall–Kier alpha value is -1.61. The molecule has 1 saturated heterocycles. The van der Waals surface area contributed by atoms with E-state index in [9.17, 15) is 0 Å². The molecule has 1 atom stereocenters. The van der Waals surface area contributed by atoms with Crippen molar-refractivity contribution in [3.8, 4) is 11.4 Å². The summed E-state index contributed by atoms with van der Waals surface area (Å²) >= 11 is 0. The number of nitrogens with one attached hydrogen (secondary N) is 2. The van der Waals surface area contributed by atoms with Crippen molar-refractivity contribution in [2.75, 3.05) is 6.54 Å². The van der Waals surface area contributed by atoms with Gasteiger partial charge in [0.1, 0.15) is 5.82 Å². The summed E-state index contributed by atoms with van der Waals surface area (Å²) in [5, 5.41) is 3.50. The summed E-state index contributed by atoms with van der Waals surface area (Å²) in [6, 6.07) is 9.20. The second kappa shape index (κ2) is 4.10. The Morgan fingerprint density at radius 3 is 2.69 bits per heavy atom. The molecule has 0 bridgehead atoms. The van der Waals surface area contributed by atoms with E-state index in [2.05, 4.69) is 39.6 Å². The summed E-state index contributed by atoms with van der Waals surface area (Å²) in [5.74, 6) is 0.936. The van der Waals surface area contributed by atoms with E-state index in [1.54, 1.807) is 6.20 Å². The topological polar surface area (TPSA) is 40.7 Å². The van der Waals surface area contributed by atoms with Gasteiger partial charge in [-0.3, -0.25) is 0 Å². The molecule has 3 nitrogen and oxygen atoms in total. The number of benzene rings is 1. The van der Waals surface area contributed by atoms with Crippen molar-refractivity contribution in [2.24, 2.45) is 0 Å². The summed E-state index contributed by atoms with van der Waals surface area (Å²) in [5.41, 5.74) is 2.53. The zero-order valence-electron chi connectivity index (χ0n) is 9.11. The van der Waals surface area contributed by atoms with Crippen molar-refractivity contribution in [1.82, 2.24) is 15.3 Å². The maximum Gasteiger partial charge on any atom is 0.137 e. The highest BCUT2D eigenvalue weighted by atomic mass is 14.9. The van der Waals surface area contributed by atoms with E-state index in [0.29, 0.717) is 6.04 Å². The van der Waals surface area contributed by atoms with Crippen LogP contribution in [0.25, 0.3) is 11.4 Å². The normalized spacial score (nSPS) is 20.1. The summed E-state index contributed by atoms with van der Waals surface area (Å²) in [6.45, 7) is 1.14. The van der Waals surface area contributed by atoms with Gasteiger partial charge in [0, 0.05) is 24.0 Å². The Kier molecular flexibility index (Phi) is 2.46. The molecule has 2 N–H and O–H groups in total. The molecule has 82 valence electrons. The molecule has 0 saturated carbocycles. The molecule has 0 spiro atoms. The number of hydrogen-bond acceptors (Lipinski definition) is 2. The van der Waals surface area contributed by atoms with Crippen molar-refractivity contribution < 1.29 is 0 Å². The fraction of sp³-hybridized carbons (Fsp3) is 0.308. The highest BCUT2D eigenvalue weighted by molar-refractivity contribution is 5.55. The van der Waals surface area contributed by atoms with E-state index < -0.39 is 0 Å². The molecule has 1 aromatic heterocycles. The lowest BCUT2D eigenvalue weighted by atomic mass is 10.0. The van der Waals surface area contributed by atoms with Crippen molar-refractivity contribution in [2.45, 2.75) is 18.9 Å². The Labute approximate surface area is 94.9 Å². The van der Waals surface area contributed by atoms with E-state index >= 15 is 0 Å². The Morgan fingerprint density at radius 2 is 2.06 bits per heavy atom. The van der Waals surface area contributed by atoms with Crippen LogP contribution in [0.2, 0.25) is 0 Å². The minimum atomic E-state index is 0.547. The molecule has 1 fully saturated rings. The molecule has 16 heavy (non-hydrogen) atoms. The first-order chi connectivity index (χ1) is 7.93. The number of aromatic amines is 1. The summed E-state index contributed by atoms with van der Waals surface area (Å²) in [7, 11) is 0. The van der Waals surface area contributed by atoms with Gasteiger partial charge in [-0.15, -0.1) is 0 Å². The van der Waals surface area contributed by atoms with Crippen LogP contribution in [0.5, 0.6) is 0 Å². The monoisotopic (exact) mass is 213 g/mol. The summed E-state index contributed by atoms with van der Waals surface area (Å²) in [6.07, 6.45) is 6.16. The third kappa shape index (κ3) is 1.74. The van der Waals surface area contributed by atoms with E-state index in [1.807, 2.05) is 6.20 Å². The molecule has 1 aromatic carbocycles. The molecule has 0 aliphatic carbocycles. The SMILES string of the molecule is c1c[nH]c(-c2ccc(C3CCCN3)cc2)n1. The van der Waals surface area contributed by atoms with Crippen LogP contribution in [0.3, 0.4) is 0 Å². The number of H-pyrrole nitrogens is 1. The Balaban J connectivity index is 1.84. The first-order valence-corrected chi connectivity index (χ1v) is 5.76. The van der Waals surface area contributed by atoms with Crippen molar-refractivity contribution in [3.05, 3.63) is 42.2 Å². The third-order valence-electron chi connectivity index (χ3n) is 3.15. The van der Waals surface area contributed by atoms with Gasteiger partial charge >= 0.3 is 0 Å². The molecular formula is C13H15N3. The highest BCUT2D eigenvalue weighted by Crippen LogP contribution is 2.24. The van der Waals surface area contributed by atoms with Crippen molar-refractivity contribution in [3.63, 3.8) is 0 Å². The van der Waals surface area contributed by atoms with Gasteiger partial charge in [-0.2, -0.15) is 0 Å². The van der Waals surface area contributed by atoms with Crippen LogP contribution in [0.1, 0.15) is 24.4 Å². The standard InChI is InChI=1S/C13H15N3/c1-2-12(14-7-1)10-3-5-11(6-4-10)13-15-8-9-16-13/h3-6,8-9,12,14H,1-2,7H2,(H,15,16). The number of rotatable bonds is 2. The Morgan fingerprint density at radius 1 is 1.19 bits per heavy atom. The Bertz CT molecular complexity index is 439. The van der Waals surface area contributed by atoms with Gasteiger partial charge in [0.2, 0.25) is 0 Å². The molecule has 1 aliphatic heterocycles. The smallest absolute Gasteiger partial charge is 0.137 e. The molecule has 1 unspecified atom stereocenters. The molecular weight excluding hydrogens is 198 g/mol. The fourth-order valence-corrected chi connectivity index (χ4v) is 2.27. The fourth-order valence-electron chi connectivity index (χ4n) is 2.27. The van der Waals surface area contributed by atoms with Crippen LogP contribution in [-0.2, 0) is 0 Å². The quantitative estimate of drug-likeness (QED) is 0.804. The van der Waals surface area contributed by atoms with E-state index in [4.69, 9.17) is 0 Å². The minimum Gasteiger partial charge on any atom is -0.345 e. The second-order valence-electron chi connectivity index (χ2n) is 4.21. The van der Waals surface area contributed by atoms with Crippen LogP contribution in [0.4, 0.5) is 0 Å². The number of imidazole rings is 1. The molecule has 0 radical (unpaired) electrons. The van der Waals surface area contributed by atoms with E-state index in [0.717, 1.165) is 17.9 Å². The van der Waals surface area contributed by atoms with Crippen LogP contribution in [0, 0.1) is 0 Å². The highest BCUT2D eigenvalue weighted by Gasteiger charge is 2.15. The third-order valence-corrected chi connectivity index (χ3v) is 3.15. The van der Waals surface area contributed by atoms with Gasteiger partial charge < -0.3 is 10.3 Å². The number of hydrogen-bond donors (Lipinski definition) is 2. The largest absolute Gasteiger partial charge is 0.345 e. The summed E-state index contributed by atoms with van der Waals surface area (Å²) < 4.78 is 0. The molecule has 2 heterocycles. The average molecular weight is 213 g/mol. The lowest BCUT2D eigenvalue weighted by molar-refractivity contribution is 0.648. The first-order valence-electron chi connectivity index (χ1n) is 5.76. The molecule has 3 rings (SSSR count). The lowest BCUT2D eigenvalue weighted by Crippen LogP contribution is -2.12. The van der Waals surface area contributed by atoms with Gasteiger partial charge in [-0.25, -0.2) is 4.98 Å². The number of nitrogens with zero attached hydrogens (tertiary/aromatic N) is 1. The zero-order valence-corrected chi connectivity index (χ0v) is 9.11. The molecule has 3 heteroatoms. The van der Waals surface area contributed by atoms with Crippen LogP contribution >= 0.6 is 0 Å². The first kappa shape index (κ1) is 9.60. The predicted molar refractivity (Wildman–Crippen MR) is 64.0 cm³/mol. The predicted octanol–water partition coefficient (Wildman–Crippen LogP) is 2.50. The second-order valence-corrected chi connectivity index (χ2v) is 4.21. The molecule has 2 aromatic rings. The van der Waals surface area contributed by atoms with Gasteiger partial charge in [-0.05, 0) is 24.9 Å². The average Bonchev–Trinajstić information content (AvgIpc) is 3.03. The van der Waals surface area contributed by atoms with Crippen LogP contribution < -0.4 is 5.32 Å². The zero-order chi connectivity index (χ0) is 10.8. The van der Waals surface area contributed by atoms with E-state index in [1.165, 1.54) is 18.4 Å². The number of aromatic nitrogens is 2. The lowest BCUT2D eigenvalue weighted by Gasteiger charge is -2.10. The van der Waals surface area contributed by atoms with Crippen LogP contribution in [0.15, 0.2) is 36.7 Å².